The van der Waals surface area contributed by atoms with Crippen LogP contribution in [0.3, 0.4) is 0 Å². The van der Waals surface area contributed by atoms with Gasteiger partial charge in [0.1, 0.15) is 11.5 Å². The Balaban J connectivity index is 1.47. The molecule has 2 aromatic carbocycles. The van der Waals surface area contributed by atoms with E-state index in [0.29, 0.717) is 30.5 Å². The molecule has 0 radical (unpaired) electrons. The Hall–Kier alpha value is -3.61. The summed E-state index contributed by atoms with van der Waals surface area (Å²) in [7, 11) is 1.60. The van der Waals surface area contributed by atoms with Crippen LogP contribution in [0.5, 0.6) is 11.5 Å². The van der Waals surface area contributed by atoms with Gasteiger partial charge in [0.25, 0.3) is 11.5 Å². The standard InChI is InChI=1S/C24H27N3O4/c1-17(2)18-4-10-21(11-5-18)31-15-23(28)25-12-13-27-16-26-22(14-24(27)29)19-6-8-20(30-3)9-7-19/h4-11,14,16-17H,12-13,15H2,1-3H3,(H,25,28). The van der Waals surface area contributed by atoms with E-state index < -0.39 is 0 Å². The average molecular weight is 421 g/mol. The van der Waals surface area contributed by atoms with E-state index in [2.05, 4.69) is 24.1 Å². The summed E-state index contributed by atoms with van der Waals surface area (Å²) in [6.45, 7) is 4.79. The highest BCUT2D eigenvalue weighted by Crippen LogP contribution is 2.19. The molecule has 0 aliphatic rings. The van der Waals surface area contributed by atoms with Crippen LogP contribution in [0.4, 0.5) is 0 Å². The zero-order valence-electron chi connectivity index (χ0n) is 18.0. The lowest BCUT2D eigenvalue weighted by Crippen LogP contribution is -2.33. The smallest absolute Gasteiger partial charge is 0.258 e. The van der Waals surface area contributed by atoms with Crippen molar-refractivity contribution in [3.05, 3.63) is 76.8 Å². The summed E-state index contributed by atoms with van der Waals surface area (Å²) in [5, 5.41) is 2.75. The molecule has 162 valence electrons. The average Bonchev–Trinajstić information content (AvgIpc) is 2.79. The van der Waals surface area contributed by atoms with Crippen molar-refractivity contribution in [3.8, 4) is 22.8 Å². The molecule has 0 fully saturated rings. The van der Waals surface area contributed by atoms with Crippen LogP contribution in [0.1, 0.15) is 25.3 Å². The van der Waals surface area contributed by atoms with Gasteiger partial charge in [0.15, 0.2) is 6.61 Å². The number of nitrogens with one attached hydrogen (secondary N) is 1. The maximum absolute atomic E-state index is 12.4. The first kappa shape index (κ1) is 22.1. The summed E-state index contributed by atoms with van der Waals surface area (Å²) in [6, 6.07) is 16.5. The van der Waals surface area contributed by atoms with Gasteiger partial charge in [-0.05, 0) is 47.9 Å². The summed E-state index contributed by atoms with van der Waals surface area (Å²) in [5.41, 5.74) is 2.45. The van der Waals surface area contributed by atoms with E-state index in [-0.39, 0.29) is 18.1 Å². The second-order valence-electron chi connectivity index (χ2n) is 7.40. The number of aromatic nitrogens is 2. The van der Waals surface area contributed by atoms with Crippen LogP contribution in [0.2, 0.25) is 0 Å². The van der Waals surface area contributed by atoms with Gasteiger partial charge in [-0.25, -0.2) is 4.98 Å². The monoisotopic (exact) mass is 421 g/mol. The number of methoxy groups -OCH3 is 1. The minimum Gasteiger partial charge on any atom is -0.497 e. The van der Waals surface area contributed by atoms with Crippen molar-refractivity contribution in [2.75, 3.05) is 20.3 Å². The molecule has 0 unspecified atom stereocenters. The zero-order chi connectivity index (χ0) is 22.2. The molecule has 1 heterocycles. The van der Waals surface area contributed by atoms with Crippen LogP contribution in [0, 0.1) is 0 Å². The molecule has 0 saturated carbocycles. The van der Waals surface area contributed by atoms with E-state index in [1.807, 2.05) is 48.5 Å². The lowest BCUT2D eigenvalue weighted by molar-refractivity contribution is -0.123. The quantitative estimate of drug-likeness (QED) is 0.574. The molecule has 1 N–H and O–H groups in total. The molecule has 1 aromatic heterocycles. The highest BCUT2D eigenvalue weighted by atomic mass is 16.5. The summed E-state index contributed by atoms with van der Waals surface area (Å²) in [5.74, 6) is 1.59. The van der Waals surface area contributed by atoms with Crippen LogP contribution in [0.15, 0.2) is 65.7 Å². The van der Waals surface area contributed by atoms with Gasteiger partial charge in [0.05, 0.1) is 19.1 Å². The number of hydrogen-bond donors (Lipinski definition) is 1. The Morgan fingerprint density at radius 1 is 1.06 bits per heavy atom. The van der Waals surface area contributed by atoms with Gasteiger partial charge >= 0.3 is 0 Å². The van der Waals surface area contributed by atoms with E-state index in [0.717, 1.165) is 11.3 Å². The molecule has 1 amide bonds. The molecule has 0 aliphatic carbocycles. The second kappa shape index (κ2) is 10.4. The van der Waals surface area contributed by atoms with Gasteiger partial charge in [0.2, 0.25) is 0 Å². The van der Waals surface area contributed by atoms with E-state index in [1.54, 1.807) is 7.11 Å². The van der Waals surface area contributed by atoms with E-state index >= 15 is 0 Å². The highest BCUT2D eigenvalue weighted by Gasteiger charge is 2.06. The van der Waals surface area contributed by atoms with Crippen LogP contribution >= 0.6 is 0 Å². The van der Waals surface area contributed by atoms with Crippen LogP contribution in [0.25, 0.3) is 11.3 Å². The zero-order valence-corrected chi connectivity index (χ0v) is 18.0. The first-order valence-corrected chi connectivity index (χ1v) is 10.2. The van der Waals surface area contributed by atoms with Crippen molar-refractivity contribution in [3.63, 3.8) is 0 Å². The molecule has 31 heavy (non-hydrogen) atoms. The van der Waals surface area contributed by atoms with Crippen molar-refractivity contribution in [1.29, 1.82) is 0 Å². The highest BCUT2D eigenvalue weighted by molar-refractivity contribution is 5.77. The fourth-order valence-corrected chi connectivity index (χ4v) is 2.98. The first-order valence-electron chi connectivity index (χ1n) is 10.2. The maximum atomic E-state index is 12.4. The van der Waals surface area contributed by atoms with Gasteiger partial charge in [-0.2, -0.15) is 0 Å². The topological polar surface area (TPSA) is 82.5 Å². The third-order valence-electron chi connectivity index (χ3n) is 4.86. The molecule has 7 nitrogen and oxygen atoms in total. The van der Waals surface area contributed by atoms with Gasteiger partial charge in [-0.15, -0.1) is 0 Å². The van der Waals surface area contributed by atoms with Gasteiger partial charge < -0.3 is 14.8 Å². The third kappa shape index (κ3) is 6.18. The maximum Gasteiger partial charge on any atom is 0.258 e. The molecule has 3 rings (SSSR count). The molecule has 0 atom stereocenters. The Morgan fingerprint density at radius 2 is 1.74 bits per heavy atom. The van der Waals surface area contributed by atoms with E-state index in [4.69, 9.17) is 9.47 Å². The van der Waals surface area contributed by atoms with Crippen LogP contribution in [-0.2, 0) is 11.3 Å². The predicted octanol–water partition coefficient (Wildman–Crippen LogP) is 3.24. The lowest BCUT2D eigenvalue weighted by Gasteiger charge is -2.10. The molecular formula is C24H27N3O4. The number of nitrogens with zero attached hydrogens (tertiary/aromatic N) is 2. The first-order chi connectivity index (χ1) is 15.0. The largest absolute Gasteiger partial charge is 0.497 e. The van der Waals surface area contributed by atoms with Crippen molar-refractivity contribution in [1.82, 2.24) is 14.9 Å². The number of amides is 1. The third-order valence-corrected chi connectivity index (χ3v) is 4.86. The number of ether oxygens (including phenoxy) is 2. The molecule has 0 bridgehead atoms. The van der Waals surface area contributed by atoms with Gasteiger partial charge in [0, 0.05) is 24.7 Å². The molecule has 0 saturated heterocycles. The van der Waals surface area contributed by atoms with Crippen molar-refractivity contribution >= 4 is 5.91 Å². The summed E-state index contributed by atoms with van der Waals surface area (Å²) in [6.07, 6.45) is 1.49. The van der Waals surface area contributed by atoms with Gasteiger partial charge in [-0.3, -0.25) is 14.2 Å². The summed E-state index contributed by atoms with van der Waals surface area (Å²) < 4.78 is 12.1. The van der Waals surface area contributed by atoms with E-state index in [1.165, 1.54) is 22.5 Å². The summed E-state index contributed by atoms with van der Waals surface area (Å²) in [4.78, 5) is 28.7. The number of hydrogen-bond acceptors (Lipinski definition) is 5. The SMILES string of the molecule is COc1ccc(-c2cc(=O)n(CCNC(=O)COc3ccc(C(C)C)cc3)cn2)cc1. The number of benzene rings is 2. The minimum atomic E-state index is -0.246. The van der Waals surface area contributed by atoms with Gasteiger partial charge in [-0.1, -0.05) is 26.0 Å². The number of carbonyl (C=O) groups excluding carboxylic acids is 1. The van der Waals surface area contributed by atoms with Crippen molar-refractivity contribution in [2.45, 2.75) is 26.3 Å². The normalized spacial score (nSPS) is 10.7. The van der Waals surface area contributed by atoms with E-state index in [9.17, 15) is 9.59 Å². The van der Waals surface area contributed by atoms with Crippen LogP contribution < -0.4 is 20.3 Å². The fourth-order valence-electron chi connectivity index (χ4n) is 2.98. The Labute approximate surface area is 181 Å². The van der Waals surface area contributed by atoms with Crippen LogP contribution in [-0.4, -0.2) is 35.7 Å². The predicted molar refractivity (Wildman–Crippen MR) is 120 cm³/mol. The summed E-state index contributed by atoms with van der Waals surface area (Å²) >= 11 is 0. The molecular weight excluding hydrogens is 394 g/mol. The Bertz CT molecular complexity index is 1060. The molecule has 3 aromatic rings. The second-order valence-corrected chi connectivity index (χ2v) is 7.40. The lowest BCUT2D eigenvalue weighted by atomic mass is 10.0. The fraction of sp³-hybridized carbons (Fsp3) is 0.292. The molecule has 0 spiro atoms. The number of rotatable bonds is 9. The minimum absolute atomic E-state index is 0.0788. The number of carbonyl (C=O) groups is 1. The molecule has 7 heteroatoms. The van der Waals surface area contributed by atoms with Crippen molar-refractivity contribution in [2.24, 2.45) is 0 Å². The molecule has 0 aliphatic heterocycles. The van der Waals surface area contributed by atoms with Crippen molar-refractivity contribution < 1.29 is 14.3 Å². The Morgan fingerprint density at radius 3 is 2.35 bits per heavy atom. The Kier molecular flexibility index (Phi) is 7.43.